The predicted molar refractivity (Wildman–Crippen MR) is 39.2 cm³/mol. The smallest absolute Gasteiger partial charge is 0.347 e. The highest BCUT2D eigenvalue weighted by atomic mass is 16.5. The van der Waals surface area contributed by atoms with Crippen molar-refractivity contribution in [1.82, 2.24) is 5.32 Å². The van der Waals surface area contributed by atoms with Crippen LogP contribution in [0.1, 0.15) is 0 Å². The molecular formula is C7H7NO5. The number of rotatable bonds is 2. The van der Waals surface area contributed by atoms with E-state index in [0.717, 1.165) is 7.11 Å². The lowest BCUT2D eigenvalue weighted by atomic mass is 10.2. The first-order valence-electron chi connectivity index (χ1n) is 3.34. The zero-order chi connectivity index (χ0) is 10.0. The molecule has 0 fully saturated rings. The summed E-state index contributed by atoms with van der Waals surface area (Å²) in [5, 5.41) is 1.91. The molecular weight excluding hydrogens is 178 g/mol. The van der Waals surface area contributed by atoms with E-state index in [0.29, 0.717) is 0 Å². The lowest BCUT2D eigenvalue weighted by molar-refractivity contribution is -0.137. The van der Waals surface area contributed by atoms with Crippen LogP contribution in [0.2, 0.25) is 0 Å². The van der Waals surface area contributed by atoms with Crippen LogP contribution in [0.15, 0.2) is 11.3 Å². The minimum Gasteiger partial charge on any atom is -0.490 e. The van der Waals surface area contributed by atoms with Gasteiger partial charge in [0.25, 0.3) is 11.8 Å². The molecule has 0 aliphatic carbocycles. The van der Waals surface area contributed by atoms with Crippen molar-refractivity contribution in [3.63, 3.8) is 0 Å². The molecule has 0 aromatic rings. The Morgan fingerprint density at radius 3 is 2.31 bits per heavy atom. The number of methoxy groups -OCH3 is 2. The van der Waals surface area contributed by atoms with Gasteiger partial charge in [-0.15, -0.1) is 0 Å². The van der Waals surface area contributed by atoms with Gasteiger partial charge in [-0.2, -0.15) is 0 Å². The second kappa shape index (κ2) is 3.26. The molecule has 2 amide bonds. The van der Waals surface area contributed by atoms with Crippen LogP contribution in [0.5, 0.6) is 0 Å². The van der Waals surface area contributed by atoms with Gasteiger partial charge in [0.1, 0.15) is 0 Å². The number of hydrogen-bond donors (Lipinski definition) is 1. The summed E-state index contributed by atoms with van der Waals surface area (Å²) in [6.45, 7) is 0. The van der Waals surface area contributed by atoms with Crippen LogP contribution >= 0.6 is 0 Å². The fourth-order valence-corrected chi connectivity index (χ4v) is 0.921. The van der Waals surface area contributed by atoms with Gasteiger partial charge in [0.15, 0.2) is 5.57 Å². The maximum Gasteiger partial charge on any atom is 0.347 e. The molecule has 6 nitrogen and oxygen atoms in total. The first-order chi connectivity index (χ1) is 6.11. The molecule has 1 heterocycles. The van der Waals surface area contributed by atoms with Crippen molar-refractivity contribution in [2.45, 2.75) is 0 Å². The van der Waals surface area contributed by atoms with Crippen LogP contribution in [-0.4, -0.2) is 32.0 Å². The van der Waals surface area contributed by atoms with Crippen LogP contribution in [0.25, 0.3) is 0 Å². The number of carbonyl (C=O) groups excluding carboxylic acids is 3. The lowest BCUT2D eigenvalue weighted by Gasteiger charge is -1.98. The summed E-state index contributed by atoms with van der Waals surface area (Å²) in [6.07, 6.45) is 0. The van der Waals surface area contributed by atoms with Crippen molar-refractivity contribution in [3.8, 4) is 0 Å². The van der Waals surface area contributed by atoms with E-state index >= 15 is 0 Å². The lowest BCUT2D eigenvalue weighted by Crippen LogP contribution is -2.25. The van der Waals surface area contributed by atoms with Crippen molar-refractivity contribution in [2.75, 3.05) is 14.2 Å². The zero-order valence-corrected chi connectivity index (χ0v) is 7.04. The minimum absolute atomic E-state index is 0.308. The molecule has 1 aliphatic heterocycles. The van der Waals surface area contributed by atoms with Gasteiger partial charge in [-0.25, -0.2) is 4.79 Å². The van der Waals surface area contributed by atoms with Gasteiger partial charge in [-0.05, 0) is 0 Å². The summed E-state index contributed by atoms with van der Waals surface area (Å²) in [5.74, 6) is -2.72. The molecule has 70 valence electrons. The Labute approximate surface area is 73.5 Å². The molecule has 0 spiro atoms. The summed E-state index contributed by atoms with van der Waals surface area (Å²) < 4.78 is 8.87. The Balaban J connectivity index is 3.13. The monoisotopic (exact) mass is 185 g/mol. The molecule has 0 aromatic carbocycles. The second-order valence-corrected chi connectivity index (χ2v) is 2.18. The number of carbonyl (C=O) groups is 3. The Morgan fingerprint density at radius 2 is 1.85 bits per heavy atom. The first kappa shape index (κ1) is 9.24. The fourth-order valence-electron chi connectivity index (χ4n) is 0.921. The van der Waals surface area contributed by atoms with Gasteiger partial charge in [-0.1, -0.05) is 0 Å². The van der Waals surface area contributed by atoms with Crippen molar-refractivity contribution in [3.05, 3.63) is 11.3 Å². The van der Waals surface area contributed by atoms with Gasteiger partial charge in [0.05, 0.1) is 14.2 Å². The highest BCUT2D eigenvalue weighted by Gasteiger charge is 2.36. The van der Waals surface area contributed by atoms with Crippen molar-refractivity contribution >= 4 is 17.8 Å². The Hall–Kier alpha value is -1.85. The zero-order valence-electron chi connectivity index (χ0n) is 7.04. The van der Waals surface area contributed by atoms with Gasteiger partial charge >= 0.3 is 5.97 Å². The Morgan fingerprint density at radius 1 is 1.23 bits per heavy atom. The molecule has 0 radical (unpaired) electrons. The van der Waals surface area contributed by atoms with Crippen LogP contribution in [0, 0.1) is 0 Å². The summed E-state index contributed by atoms with van der Waals surface area (Å²) in [6, 6.07) is 0. The quantitative estimate of drug-likeness (QED) is 0.329. The predicted octanol–water partition coefficient (Wildman–Crippen LogP) is -1.28. The molecule has 0 unspecified atom stereocenters. The van der Waals surface area contributed by atoms with Gasteiger partial charge in [-0.3, -0.25) is 14.9 Å². The third-order valence-electron chi connectivity index (χ3n) is 1.48. The molecule has 13 heavy (non-hydrogen) atoms. The molecule has 6 heteroatoms. The van der Waals surface area contributed by atoms with Gasteiger partial charge in [0.2, 0.25) is 5.76 Å². The normalized spacial score (nSPS) is 15.8. The van der Waals surface area contributed by atoms with Crippen molar-refractivity contribution < 1.29 is 23.9 Å². The number of nitrogens with one attached hydrogen (secondary N) is 1. The van der Waals surface area contributed by atoms with Crippen molar-refractivity contribution in [2.24, 2.45) is 0 Å². The van der Waals surface area contributed by atoms with Crippen LogP contribution in [0.4, 0.5) is 0 Å². The van der Waals surface area contributed by atoms with Crippen LogP contribution in [0.3, 0.4) is 0 Å². The summed E-state index contributed by atoms with van der Waals surface area (Å²) >= 11 is 0. The van der Waals surface area contributed by atoms with E-state index in [2.05, 4.69) is 9.47 Å². The maximum atomic E-state index is 11.0. The summed E-state index contributed by atoms with van der Waals surface area (Å²) in [5.41, 5.74) is -0.394. The number of ether oxygens (including phenoxy) is 2. The molecule has 1 rings (SSSR count). The fraction of sp³-hybridized carbons (Fsp3) is 0.286. The molecule has 0 saturated carbocycles. The molecule has 0 atom stereocenters. The van der Waals surface area contributed by atoms with E-state index in [1.165, 1.54) is 7.11 Å². The maximum absolute atomic E-state index is 11.0. The Bertz CT molecular complexity index is 317. The van der Waals surface area contributed by atoms with E-state index in [1.54, 1.807) is 0 Å². The van der Waals surface area contributed by atoms with Crippen LogP contribution < -0.4 is 5.32 Å². The van der Waals surface area contributed by atoms with E-state index in [4.69, 9.17) is 0 Å². The molecule has 0 aromatic heterocycles. The van der Waals surface area contributed by atoms with E-state index < -0.39 is 23.4 Å². The van der Waals surface area contributed by atoms with E-state index in [9.17, 15) is 14.4 Å². The molecule has 1 N–H and O–H groups in total. The number of amides is 2. The average molecular weight is 185 g/mol. The van der Waals surface area contributed by atoms with Crippen molar-refractivity contribution in [1.29, 1.82) is 0 Å². The standard InChI is InChI=1S/C7H7NO5/c1-12-4-3(7(11)13-2)5(9)8-6(4)10/h1-2H3,(H,8,9,10). The van der Waals surface area contributed by atoms with Gasteiger partial charge in [0, 0.05) is 0 Å². The number of esters is 1. The van der Waals surface area contributed by atoms with E-state index in [-0.39, 0.29) is 5.76 Å². The van der Waals surface area contributed by atoms with E-state index in [1.807, 2.05) is 5.32 Å². The highest BCUT2D eigenvalue weighted by molar-refractivity contribution is 6.29. The minimum atomic E-state index is -0.889. The number of imide groups is 1. The largest absolute Gasteiger partial charge is 0.490 e. The first-order valence-corrected chi connectivity index (χ1v) is 3.34. The highest BCUT2D eigenvalue weighted by Crippen LogP contribution is 2.13. The number of hydrogen-bond acceptors (Lipinski definition) is 5. The molecule has 0 saturated heterocycles. The molecule has 0 bridgehead atoms. The summed E-state index contributed by atoms with van der Waals surface area (Å²) in [4.78, 5) is 32.9. The van der Waals surface area contributed by atoms with Gasteiger partial charge < -0.3 is 9.47 Å². The third-order valence-corrected chi connectivity index (χ3v) is 1.48. The second-order valence-electron chi connectivity index (χ2n) is 2.18. The molecule has 1 aliphatic rings. The third kappa shape index (κ3) is 1.37. The SMILES string of the molecule is COC(=O)C1=C(OC)C(=O)NC1=O. The summed E-state index contributed by atoms with van der Waals surface area (Å²) in [7, 11) is 2.30. The van der Waals surface area contributed by atoms with Crippen LogP contribution in [-0.2, 0) is 23.9 Å². The Kier molecular flexibility index (Phi) is 2.32. The topological polar surface area (TPSA) is 81.7 Å². The average Bonchev–Trinajstić information content (AvgIpc) is 2.39.